The Morgan fingerprint density at radius 1 is 1.03 bits per heavy atom. The normalized spacial score (nSPS) is 10.5. The predicted molar refractivity (Wildman–Crippen MR) is 117 cm³/mol. The molecule has 0 saturated carbocycles. The summed E-state index contributed by atoms with van der Waals surface area (Å²) in [5, 5.41) is 21.6. The van der Waals surface area contributed by atoms with Crippen LogP contribution in [-0.2, 0) is 28.9 Å². The molecule has 1 aromatic heterocycles. The average Bonchev–Trinajstić information content (AvgIpc) is 2.90. The first kappa shape index (κ1) is 28.9. The van der Waals surface area contributed by atoms with Crippen molar-refractivity contribution in [1.29, 1.82) is 0 Å². The monoisotopic (exact) mass is 488 g/mol. The van der Waals surface area contributed by atoms with Gasteiger partial charge in [-0.15, -0.1) is 5.75 Å². The van der Waals surface area contributed by atoms with Gasteiger partial charge < -0.3 is 20.5 Å². The number of hydrogen-bond acceptors (Lipinski definition) is 5. The second-order valence-electron chi connectivity index (χ2n) is 7.74. The van der Waals surface area contributed by atoms with Gasteiger partial charge in [-0.1, -0.05) is 63.2 Å². The van der Waals surface area contributed by atoms with Gasteiger partial charge in [-0.3, -0.25) is 9.48 Å². The topological polar surface area (TPSA) is 134 Å². The van der Waals surface area contributed by atoms with Gasteiger partial charge in [0.15, 0.2) is 5.69 Å². The first-order chi connectivity index (χ1) is 14.0. The molecule has 0 aliphatic heterocycles. The number of hydrogen-bond donors (Lipinski definition) is 0. The maximum absolute atomic E-state index is 12.7. The minimum absolute atomic E-state index is 0. The standard InChI is InChI=1S/C18H17N3O2.C5H10O2.Cu.H2O/c1-13-17(19-12-14-8-6-7-11-16(14)22)18(23)21(20(13)2)15-9-4-3-5-10-15;1-5(2,3)4(6)7;;/h3-12,22H,1-2H3;1-3H3,(H,6,7);;1H2/q;;+2;/p-2. The smallest absolute Gasteiger partial charge is 0.872 e. The van der Waals surface area contributed by atoms with E-state index in [1.165, 1.54) is 12.3 Å². The first-order valence-corrected chi connectivity index (χ1v) is 9.39. The van der Waals surface area contributed by atoms with Crippen LogP contribution < -0.4 is 15.8 Å². The predicted octanol–water partition coefficient (Wildman–Crippen LogP) is 1.26. The van der Waals surface area contributed by atoms with Crippen molar-refractivity contribution in [3.8, 4) is 11.4 Å². The summed E-state index contributed by atoms with van der Waals surface area (Å²) in [4.78, 5) is 26.8. The summed E-state index contributed by atoms with van der Waals surface area (Å²) in [5.41, 5.74) is 1.39. The molecule has 2 aromatic carbocycles. The van der Waals surface area contributed by atoms with Gasteiger partial charge in [-0.25, -0.2) is 9.67 Å². The number of para-hydroxylation sites is 2. The molecule has 1 radical (unpaired) electrons. The molecule has 0 unspecified atom stereocenters. The molecule has 3 aromatic rings. The summed E-state index contributed by atoms with van der Waals surface area (Å²) in [6, 6.07) is 16.0. The van der Waals surface area contributed by atoms with Gasteiger partial charge in [0.2, 0.25) is 0 Å². The second kappa shape index (κ2) is 12.0. The third kappa shape index (κ3) is 6.95. The van der Waals surface area contributed by atoms with E-state index in [1.807, 2.05) is 44.3 Å². The number of carbonyl (C=O) groups excluding carboxylic acids is 1. The molecule has 32 heavy (non-hydrogen) atoms. The molecule has 3 rings (SSSR count). The zero-order valence-corrected chi connectivity index (χ0v) is 19.5. The van der Waals surface area contributed by atoms with Crippen LogP contribution in [0.25, 0.3) is 5.69 Å². The van der Waals surface area contributed by atoms with Crippen molar-refractivity contribution in [3.63, 3.8) is 0 Å². The molecule has 2 N–H and O–H groups in total. The van der Waals surface area contributed by atoms with Crippen molar-refractivity contribution in [2.45, 2.75) is 27.7 Å². The Kier molecular flexibility index (Phi) is 10.9. The summed E-state index contributed by atoms with van der Waals surface area (Å²) >= 11 is 0. The van der Waals surface area contributed by atoms with Crippen molar-refractivity contribution >= 4 is 17.9 Å². The Hall–Kier alpha value is -3.13. The molecule has 0 atom stereocenters. The largest absolute Gasteiger partial charge is 2.00 e. The van der Waals surface area contributed by atoms with Crippen LogP contribution in [0, 0.1) is 12.3 Å². The summed E-state index contributed by atoms with van der Waals surface area (Å²) in [7, 11) is 1.81. The number of carboxylic acid groups (broad SMARTS) is 1. The van der Waals surface area contributed by atoms with E-state index in [2.05, 4.69) is 4.99 Å². The molecule has 0 spiro atoms. The molecule has 9 heteroatoms. The fourth-order valence-electron chi connectivity index (χ4n) is 2.42. The summed E-state index contributed by atoms with van der Waals surface area (Å²) in [6.45, 7) is 6.63. The average molecular weight is 489 g/mol. The van der Waals surface area contributed by atoms with Gasteiger partial charge in [-0.05, 0) is 24.6 Å². The molecule has 0 bridgehead atoms. The Bertz CT molecular complexity index is 1110. The van der Waals surface area contributed by atoms with E-state index < -0.39 is 11.4 Å². The summed E-state index contributed by atoms with van der Waals surface area (Å²) in [5.74, 6) is -1.12. The van der Waals surface area contributed by atoms with Crippen molar-refractivity contribution in [1.82, 2.24) is 9.36 Å². The van der Waals surface area contributed by atoms with E-state index in [1.54, 1.807) is 48.3 Å². The third-order valence-electron chi connectivity index (χ3n) is 4.39. The van der Waals surface area contributed by atoms with Crippen LogP contribution in [0.15, 0.2) is 64.4 Å². The Morgan fingerprint density at radius 2 is 1.53 bits per heavy atom. The van der Waals surface area contributed by atoms with E-state index in [-0.39, 0.29) is 33.9 Å². The summed E-state index contributed by atoms with van der Waals surface area (Å²) < 4.78 is 3.32. The van der Waals surface area contributed by atoms with Crippen LogP contribution in [0.2, 0.25) is 0 Å². The molecule has 0 fully saturated rings. The number of aliphatic carboxylic acids is 1. The van der Waals surface area contributed by atoms with Gasteiger partial charge >= 0.3 is 17.1 Å². The van der Waals surface area contributed by atoms with Gasteiger partial charge in [0.1, 0.15) is 0 Å². The first-order valence-electron chi connectivity index (χ1n) is 9.39. The number of carbonyl (C=O) groups is 1. The van der Waals surface area contributed by atoms with Crippen LogP contribution in [0.5, 0.6) is 5.75 Å². The number of aliphatic imine (C=N–C) groups is 1. The zero-order chi connectivity index (χ0) is 22.5. The Labute approximate surface area is 197 Å². The van der Waals surface area contributed by atoms with Gasteiger partial charge in [0.25, 0.3) is 5.56 Å². The fourth-order valence-corrected chi connectivity index (χ4v) is 2.42. The Balaban J connectivity index is 0.000000936. The third-order valence-corrected chi connectivity index (χ3v) is 4.39. The summed E-state index contributed by atoms with van der Waals surface area (Å²) in [6.07, 6.45) is 1.45. The van der Waals surface area contributed by atoms with Crippen LogP contribution in [0.3, 0.4) is 0 Å². The molecule has 0 amide bonds. The maximum Gasteiger partial charge on any atom is 2.00 e. The molecular formula is C23H27CuN3O5. The molecule has 0 aliphatic carbocycles. The molecule has 0 saturated heterocycles. The van der Waals surface area contributed by atoms with E-state index in [0.29, 0.717) is 11.3 Å². The van der Waals surface area contributed by atoms with Crippen LogP contribution >= 0.6 is 0 Å². The van der Waals surface area contributed by atoms with E-state index in [9.17, 15) is 19.8 Å². The van der Waals surface area contributed by atoms with Gasteiger partial charge in [-0.2, -0.15) is 0 Å². The SMILES string of the molecule is CC(C)(C)C(=O)[O-].Cc1c(N=Cc2ccccc2[O-])c(=O)n(-c2ccccc2)n1C.O.[Cu+2]. The molecule has 175 valence electrons. The molecule has 1 heterocycles. The number of nitrogens with zero attached hydrogens (tertiary/aromatic N) is 3. The van der Waals surface area contributed by atoms with E-state index in [4.69, 9.17) is 0 Å². The Morgan fingerprint density at radius 3 is 2.03 bits per heavy atom. The molecule has 0 aliphatic rings. The zero-order valence-electron chi connectivity index (χ0n) is 18.5. The number of benzene rings is 2. The van der Waals surface area contributed by atoms with Crippen LogP contribution in [-0.4, -0.2) is 27.0 Å². The second-order valence-corrected chi connectivity index (χ2v) is 7.74. The molecule has 8 nitrogen and oxygen atoms in total. The number of carboxylic acids is 1. The van der Waals surface area contributed by atoms with Gasteiger partial charge in [0.05, 0.1) is 11.4 Å². The maximum atomic E-state index is 12.7. The van der Waals surface area contributed by atoms with Crippen molar-refractivity contribution in [2.24, 2.45) is 17.5 Å². The fraction of sp³-hybridized carbons (Fsp3) is 0.261. The minimum atomic E-state index is -1.01. The minimum Gasteiger partial charge on any atom is -0.872 e. The van der Waals surface area contributed by atoms with Crippen LogP contribution in [0.4, 0.5) is 5.69 Å². The van der Waals surface area contributed by atoms with Crippen LogP contribution in [0.1, 0.15) is 32.0 Å². The molecular weight excluding hydrogens is 462 g/mol. The quantitative estimate of drug-likeness (QED) is 0.405. The van der Waals surface area contributed by atoms with Crippen molar-refractivity contribution < 1.29 is 37.6 Å². The number of aromatic nitrogens is 2. The van der Waals surface area contributed by atoms with E-state index >= 15 is 0 Å². The van der Waals surface area contributed by atoms with Crippen molar-refractivity contribution in [3.05, 3.63) is 76.2 Å². The van der Waals surface area contributed by atoms with E-state index in [0.717, 1.165) is 11.4 Å². The van der Waals surface area contributed by atoms with Gasteiger partial charge in [0, 0.05) is 24.6 Å². The number of rotatable bonds is 3. The van der Waals surface area contributed by atoms with Crippen molar-refractivity contribution in [2.75, 3.05) is 0 Å².